The fourth-order valence-electron chi connectivity index (χ4n) is 4.01. The molecule has 1 atom stereocenters. The zero-order valence-corrected chi connectivity index (χ0v) is 20.4. The molecule has 7 nitrogen and oxygen atoms in total. The lowest BCUT2D eigenvalue weighted by Crippen LogP contribution is -2.43. The topological polar surface area (TPSA) is 111 Å². The highest BCUT2D eigenvalue weighted by Gasteiger charge is 2.21. The number of β-amino-alcohol motifs (C(OH)–C–C–N with tert-alkyl or cyclic N) is 1. The first-order valence-electron chi connectivity index (χ1n) is 11.6. The second kappa shape index (κ2) is 11.7. The summed E-state index contributed by atoms with van der Waals surface area (Å²) in [5.41, 5.74) is 3.01. The Kier molecular flexibility index (Phi) is 8.73. The van der Waals surface area contributed by atoms with Crippen molar-refractivity contribution in [2.75, 3.05) is 13.7 Å². The standard InChI is InChI=1S/C28H34N2O5/c1-28(2,30-18-25(33)22-13-23(31)15-24(32)14-22)16-20-8-6-7-19(11-20)12-27(34)29-17-21-9-4-5-10-26(21)35-3/h4-11,13-15,25,30-33H,12,16-18H2,1-3H3,(H,29,34)/t25-/m0/s1. The van der Waals surface area contributed by atoms with Gasteiger partial charge in [-0.1, -0.05) is 42.5 Å². The SMILES string of the molecule is COc1ccccc1CNC(=O)Cc1cccc(CC(C)(C)NC[C@H](O)c2cc(O)cc(O)c2)c1. The van der Waals surface area contributed by atoms with E-state index in [4.69, 9.17) is 4.74 Å². The number of methoxy groups -OCH3 is 1. The molecule has 3 aromatic carbocycles. The minimum atomic E-state index is -0.884. The number of hydrogen-bond acceptors (Lipinski definition) is 6. The molecular formula is C28H34N2O5. The number of aliphatic hydroxyl groups excluding tert-OH is 1. The van der Waals surface area contributed by atoms with Gasteiger partial charge in [-0.15, -0.1) is 0 Å². The highest BCUT2D eigenvalue weighted by atomic mass is 16.5. The third-order valence-electron chi connectivity index (χ3n) is 5.75. The molecule has 0 aliphatic carbocycles. The number of phenols is 2. The molecule has 3 rings (SSSR count). The number of carbonyl (C=O) groups excluding carboxylic acids is 1. The lowest BCUT2D eigenvalue weighted by Gasteiger charge is -2.28. The van der Waals surface area contributed by atoms with E-state index in [1.807, 2.05) is 62.4 Å². The number of rotatable bonds is 11. The van der Waals surface area contributed by atoms with Crippen molar-refractivity contribution >= 4 is 5.91 Å². The van der Waals surface area contributed by atoms with Crippen LogP contribution in [-0.2, 0) is 24.2 Å². The third kappa shape index (κ3) is 8.02. The van der Waals surface area contributed by atoms with E-state index >= 15 is 0 Å². The predicted octanol–water partition coefficient (Wildman–Crippen LogP) is 3.61. The smallest absolute Gasteiger partial charge is 0.224 e. The van der Waals surface area contributed by atoms with Crippen LogP contribution in [0.15, 0.2) is 66.7 Å². The highest BCUT2D eigenvalue weighted by molar-refractivity contribution is 5.78. The zero-order chi connectivity index (χ0) is 25.4. The summed E-state index contributed by atoms with van der Waals surface area (Å²) in [4.78, 5) is 12.5. The first-order chi connectivity index (χ1) is 16.6. The van der Waals surface area contributed by atoms with Crippen LogP contribution >= 0.6 is 0 Å². The van der Waals surface area contributed by atoms with E-state index in [2.05, 4.69) is 10.6 Å². The summed E-state index contributed by atoms with van der Waals surface area (Å²) in [7, 11) is 1.61. The van der Waals surface area contributed by atoms with Crippen LogP contribution in [0.2, 0.25) is 0 Å². The van der Waals surface area contributed by atoms with Gasteiger partial charge in [-0.05, 0) is 55.2 Å². The Bertz CT molecular complexity index is 1130. The molecule has 0 saturated heterocycles. The fourth-order valence-corrected chi connectivity index (χ4v) is 4.01. The van der Waals surface area contributed by atoms with Gasteiger partial charge in [0.15, 0.2) is 0 Å². The minimum Gasteiger partial charge on any atom is -0.508 e. The van der Waals surface area contributed by atoms with E-state index < -0.39 is 6.10 Å². The Labute approximate surface area is 206 Å². The van der Waals surface area contributed by atoms with Crippen LogP contribution in [0.5, 0.6) is 17.2 Å². The molecule has 7 heteroatoms. The molecule has 0 aliphatic rings. The van der Waals surface area contributed by atoms with Crippen molar-refractivity contribution in [3.05, 3.63) is 89.0 Å². The summed E-state index contributed by atoms with van der Waals surface area (Å²) < 4.78 is 5.33. The largest absolute Gasteiger partial charge is 0.508 e. The van der Waals surface area contributed by atoms with Crippen LogP contribution in [0.25, 0.3) is 0 Å². The number of aliphatic hydroxyl groups is 1. The summed E-state index contributed by atoms with van der Waals surface area (Å²) in [5.74, 6) is 0.488. The van der Waals surface area contributed by atoms with E-state index in [0.29, 0.717) is 18.5 Å². The Hall–Kier alpha value is -3.55. The third-order valence-corrected chi connectivity index (χ3v) is 5.75. The predicted molar refractivity (Wildman–Crippen MR) is 136 cm³/mol. The van der Waals surface area contributed by atoms with E-state index in [1.54, 1.807) is 7.11 Å². The van der Waals surface area contributed by atoms with Crippen LogP contribution in [0, 0.1) is 0 Å². The molecule has 3 aromatic rings. The molecule has 0 spiro atoms. The molecule has 0 saturated carbocycles. The number of nitrogens with one attached hydrogen (secondary N) is 2. The molecule has 0 aromatic heterocycles. The number of para-hydroxylation sites is 1. The maximum absolute atomic E-state index is 12.5. The van der Waals surface area contributed by atoms with Gasteiger partial charge >= 0.3 is 0 Å². The van der Waals surface area contributed by atoms with Gasteiger partial charge in [-0.3, -0.25) is 4.79 Å². The molecule has 186 valence electrons. The van der Waals surface area contributed by atoms with Crippen molar-refractivity contribution in [3.63, 3.8) is 0 Å². The van der Waals surface area contributed by atoms with Crippen LogP contribution in [0.4, 0.5) is 0 Å². The molecule has 35 heavy (non-hydrogen) atoms. The van der Waals surface area contributed by atoms with E-state index in [-0.39, 0.29) is 35.9 Å². The molecular weight excluding hydrogens is 444 g/mol. The van der Waals surface area contributed by atoms with Crippen molar-refractivity contribution in [2.45, 2.75) is 44.9 Å². The number of hydrogen-bond donors (Lipinski definition) is 5. The lowest BCUT2D eigenvalue weighted by atomic mass is 9.93. The first kappa shape index (κ1) is 26.1. The molecule has 0 fully saturated rings. The number of ether oxygens (including phenoxy) is 1. The van der Waals surface area contributed by atoms with Crippen LogP contribution in [0.1, 0.15) is 42.2 Å². The summed E-state index contributed by atoms with van der Waals surface area (Å²) in [6, 6.07) is 19.6. The van der Waals surface area contributed by atoms with Crippen molar-refractivity contribution in [1.29, 1.82) is 0 Å². The monoisotopic (exact) mass is 478 g/mol. The second-order valence-corrected chi connectivity index (χ2v) is 9.33. The van der Waals surface area contributed by atoms with Gasteiger partial charge in [0, 0.05) is 30.3 Å². The first-order valence-corrected chi connectivity index (χ1v) is 11.6. The van der Waals surface area contributed by atoms with Gasteiger partial charge in [0.1, 0.15) is 17.2 Å². The van der Waals surface area contributed by atoms with E-state index in [0.717, 1.165) is 22.4 Å². The lowest BCUT2D eigenvalue weighted by molar-refractivity contribution is -0.120. The van der Waals surface area contributed by atoms with Gasteiger partial charge in [-0.25, -0.2) is 0 Å². The number of phenolic OH excluding ortho intramolecular Hbond substituents is 2. The second-order valence-electron chi connectivity index (χ2n) is 9.33. The van der Waals surface area contributed by atoms with Crippen molar-refractivity contribution in [3.8, 4) is 17.2 Å². The Morgan fingerprint density at radius 1 is 0.971 bits per heavy atom. The van der Waals surface area contributed by atoms with Gasteiger partial charge in [0.2, 0.25) is 5.91 Å². The van der Waals surface area contributed by atoms with Crippen LogP contribution < -0.4 is 15.4 Å². The van der Waals surface area contributed by atoms with Crippen LogP contribution in [0.3, 0.4) is 0 Å². The van der Waals surface area contributed by atoms with Crippen molar-refractivity contribution in [2.24, 2.45) is 0 Å². The quantitative estimate of drug-likeness (QED) is 0.288. The highest BCUT2D eigenvalue weighted by Crippen LogP contribution is 2.25. The Morgan fingerprint density at radius 2 is 1.66 bits per heavy atom. The number of benzene rings is 3. The maximum atomic E-state index is 12.5. The average molecular weight is 479 g/mol. The average Bonchev–Trinajstić information content (AvgIpc) is 2.80. The van der Waals surface area contributed by atoms with Gasteiger partial charge in [0.25, 0.3) is 0 Å². The van der Waals surface area contributed by atoms with E-state index in [9.17, 15) is 20.1 Å². The molecule has 0 bridgehead atoms. The van der Waals surface area contributed by atoms with E-state index in [1.165, 1.54) is 18.2 Å². The number of carbonyl (C=O) groups is 1. The summed E-state index contributed by atoms with van der Waals surface area (Å²) in [5, 5.41) is 36.1. The van der Waals surface area contributed by atoms with Crippen LogP contribution in [-0.4, -0.2) is 40.4 Å². The molecule has 0 unspecified atom stereocenters. The maximum Gasteiger partial charge on any atom is 0.224 e. The molecule has 0 radical (unpaired) electrons. The summed E-state index contributed by atoms with van der Waals surface area (Å²) in [6.45, 7) is 4.72. The molecule has 0 heterocycles. The summed E-state index contributed by atoms with van der Waals surface area (Å²) >= 11 is 0. The molecule has 1 amide bonds. The van der Waals surface area contributed by atoms with Crippen molar-refractivity contribution < 1.29 is 24.9 Å². The summed E-state index contributed by atoms with van der Waals surface area (Å²) in [6.07, 6.45) is 0.0728. The molecule has 0 aliphatic heterocycles. The van der Waals surface area contributed by atoms with Gasteiger partial charge in [-0.2, -0.15) is 0 Å². The van der Waals surface area contributed by atoms with Crippen molar-refractivity contribution in [1.82, 2.24) is 10.6 Å². The fraction of sp³-hybridized carbons (Fsp3) is 0.321. The van der Waals surface area contributed by atoms with Gasteiger partial charge in [0.05, 0.1) is 19.6 Å². The normalized spacial score (nSPS) is 12.2. The molecule has 5 N–H and O–H groups in total. The zero-order valence-electron chi connectivity index (χ0n) is 20.4. The Balaban J connectivity index is 1.54. The minimum absolute atomic E-state index is 0.0667. The number of aromatic hydroxyl groups is 2. The Morgan fingerprint density at radius 3 is 2.37 bits per heavy atom. The number of amides is 1. The van der Waals surface area contributed by atoms with Gasteiger partial charge < -0.3 is 30.7 Å².